The van der Waals surface area contributed by atoms with Gasteiger partial charge in [0, 0.05) is 23.1 Å². The molecular weight excluding hydrogens is 420 g/mol. The number of nitrogens with two attached hydrogens (primary N) is 2. The van der Waals surface area contributed by atoms with Gasteiger partial charge in [0.25, 0.3) is 6.26 Å². The Morgan fingerprint density at radius 2 is 1.55 bits per heavy atom. The average molecular weight is 442 g/mol. The molecule has 8 nitrogen and oxygen atoms in total. The Morgan fingerprint density at radius 1 is 0.939 bits per heavy atom. The molecule has 0 heterocycles. The SMILES string of the molecule is N#COc1ccc(-c2ccc(/C=C/C(=O)OCCC(=O)Nc3cc(N)cc(N)c3)cc2)cc1. The number of ether oxygens (including phenoxy) is 2. The fourth-order valence-corrected chi connectivity index (χ4v) is 2.98. The van der Waals surface area contributed by atoms with Gasteiger partial charge in [0.2, 0.25) is 5.91 Å². The summed E-state index contributed by atoms with van der Waals surface area (Å²) in [5, 5.41) is 11.2. The highest BCUT2D eigenvalue weighted by atomic mass is 16.5. The first-order valence-electron chi connectivity index (χ1n) is 10.00. The van der Waals surface area contributed by atoms with Crippen LogP contribution in [-0.2, 0) is 14.3 Å². The molecule has 0 saturated heterocycles. The van der Waals surface area contributed by atoms with Gasteiger partial charge in [0.05, 0.1) is 6.42 Å². The Balaban J connectivity index is 1.45. The highest BCUT2D eigenvalue weighted by molar-refractivity contribution is 5.92. The van der Waals surface area contributed by atoms with Crippen molar-refractivity contribution in [2.75, 3.05) is 23.4 Å². The van der Waals surface area contributed by atoms with E-state index >= 15 is 0 Å². The van der Waals surface area contributed by atoms with Crippen molar-refractivity contribution in [1.82, 2.24) is 0 Å². The highest BCUT2D eigenvalue weighted by Crippen LogP contribution is 2.23. The smallest absolute Gasteiger partial charge is 0.330 e. The number of benzene rings is 3. The van der Waals surface area contributed by atoms with Crippen molar-refractivity contribution >= 4 is 35.0 Å². The zero-order valence-electron chi connectivity index (χ0n) is 17.7. The molecule has 0 aliphatic carbocycles. The molecule has 0 atom stereocenters. The lowest BCUT2D eigenvalue weighted by Crippen LogP contribution is -2.15. The minimum atomic E-state index is -0.548. The van der Waals surface area contributed by atoms with E-state index in [0.717, 1.165) is 16.7 Å². The van der Waals surface area contributed by atoms with Gasteiger partial charge in [-0.1, -0.05) is 36.4 Å². The predicted octanol–water partition coefficient (Wildman–Crippen LogP) is 3.96. The second kappa shape index (κ2) is 11.0. The van der Waals surface area contributed by atoms with Crippen LogP contribution < -0.4 is 21.5 Å². The molecule has 166 valence electrons. The molecule has 1 amide bonds. The number of nitrogen functional groups attached to an aromatic ring is 2. The van der Waals surface area contributed by atoms with E-state index in [2.05, 4.69) is 5.32 Å². The first-order chi connectivity index (χ1) is 15.9. The Morgan fingerprint density at radius 3 is 2.15 bits per heavy atom. The van der Waals surface area contributed by atoms with E-state index in [4.69, 9.17) is 26.2 Å². The summed E-state index contributed by atoms with van der Waals surface area (Å²) >= 11 is 0. The van der Waals surface area contributed by atoms with Gasteiger partial charge in [-0.25, -0.2) is 4.79 Å². The first-order valence-corrected chi connectivity index (χ1v) is 10.00. The number of carbonyl (C=O) groups is 2. The lowest BCUT2D eigenvalue weighted by Gasteiger charge is -2.07. The molecule has 0 bridgehead atoms. The van der Waals surface area contributed by atoms with Crippen LogP contribution in [0.4, 0.5) is 17.1 Å². The van der Waals surface area contributed by atoms with Crippen LogP contribution in [0, 0.1) is 11.5 Å². The molecular formula is C25H22N4O4. The number of nitriles is 1. The number of hydrogen-bond acceptors (Lipinski definition) is 7. The molecule has 0 fully saturated rings. The van der Waals surface area contributed by atoms with E-state index in [0.29, 0.717) is 22.8 Å². The fraction of sp³-hybridized carbons (Fsp3) is 0.0800. The van der Waals surface area contributed by atoms with Gasteiger partial charge in [-0.3, -0.25) is 4.79 Å². The molecule has 0 saturated carbocycles. The zero-order valence-corrected chi connectivity index (χ0v) is 17.7. The summed E-state index contributed by atoms with van der Waals surface area (Å²) < 4.78 is 9.84. The lowest BCUT2D eigenvalue weighted by molar-refractivity contribution is -0.138. The van der Waals surface area contributed by atoms with Crippen LogP contribution in [-0.4, -0.2) is 18.5 Å². The summed E-state index contributed by atoms with van der Waals surface area (Å²) in [6.45, 7) is -0.0583. The van der Waals surface area contributed by atoms with Crippen molar-refractivity contribution in [3.8, 4) is 23.1 Å². The summed E-state index contributed by atoms with van der Waals surface area (Å²) in [5.74, 6) is -0.390. The van der Waals surface area contributed by atoms with Crippen LogP contribution in [0.15, 0.2) is 72.8 Å². The second-order valence-electron chi connectivity index (χ2n) is 7.03. The third-order valence-electron chi connectivity index (χ3n) is 4.51. The van der Waals surface area contributed by atoms with Crippen LogP contribution in [0.3, 0.4) is 0 Å². The fourth-order valence-electron chi connectivity index (χ4n) is 2.98. The minimum absolute atomic E-state index is 0.00117. The quantitative estimate of drug-likeness (QED) is 0.207. The van der Waals surface area contributed by atoms with Crippen LogP contribution in [0.1, 0.15) is 12.0 Å². The second-order valence-corrected chi connectivity index (χ2v) is 7.03. The van der Waals surface area contributed by atoms with Crippen molar-refractivity contribution in [2.24, 2.45) is 0 Å². The number of hydrogen-bond donors (Lipinski definition) is 3. The molecule has 0 aromatic heterocycles. The molecule has 0 aliphatic rings. The van der Waals surface area contributed by atoms with Crippen molar-refractivity contribution in [2.45, 2.75) is 6.42 Å². The topological polar surface area (TPSA) is 140 Å². The summed E-state index contributed by atoms with van der Waals surface area (Å²) in [5.41, 5.74) is 15.5. The normalized spacial score (nSPS) is 10.4. The predicted molar refractivity (Wildman–Crippen MR) is 127 cm³/mol. The van der Waals surface area contributed by atoms with Crippen molar-refractivity contribution in [1.29, 1.82) is 5.26 Å². The molecule has 0 radical (unpaired) electrons. The Labute approximate surface area is 191 Å². The number of carbonyl (C=O) groups excluding carboxylic acids is 2. The van der Waals surface area contributed by atoms with Crippen LogP contribution in [0.2, 0.25) is 0 Å². The van der Waals surface area contributed by atoms with Crippen molar-refractivity contribution < 1.29 is 19.1 Å². The maximum Gasteiger partial charge on any atom is 0.330 e. The number of esters is 1. The Hall–Kier alpha value is -4.77. The lowest BCUT2D eigenvalue weighted by atomic mass is 10.0. The molecule has 3 aromatic carbocycles. The summed E-state index contributed by atoms with van der Waals surface area (Å²) in [6.07, 6.45) is 4.57. The zero-order chi connectivity index (χ0) is 23.6. The number of anilines is 3. The molecule has 0 aliphatic heterocycles. The third kappa shape index (κ3) is 7.15. The standard InChI is InChI=1S/C25H22N4O4/c26-16-33-23-8-6-19(7-9-23)18-4-1-17(2-5-18)3-10-25(31)32-12-11-24(30)29-22-14-20(27)13-21(28)15-22/h1-10,13-15H,11-12,27-28H2,(H,29,30)/b10-3+. The molecule has 5 N–H and O–H groups in total. The number of rotatable bonds is 8. The summed E-state index contributed by atoms with van der Waals surface area (Å²) in [7, 11) is 0. The molecule has 8 heteroatoms. The molecule has 3 aromatic rings. The average Bonchev–Trinajstić information content (AvgIpc) is 2.78. The van der Waals surface area contributed by atoms with Gasteiger partial charge < -0.3 is 26.3 Å². The van der Waals surface area contributed by atoms with Gasteiger partial charge in [-0.2, -0.15) is 0 Å². The highest BCUT2D eigenvalue weighted by Gasteiger charge is 2.06. The molecule has 0 unspecified atom stereocenters. The van der Waals surface area contributed by atoms with Crippen LogP contribution >= 0.6 is 0 Å². The van der Waals surface area contributed by atoms with E-state index in [1.54, 1.807) is 42.7 Å². The summed E-state index contributed by atoms with van der Waals surface area (Å²) in [6, 6.07) is 19.5. The number of nitrogens with zero attached hydrogens (tertiary/aromatic N) is 1. The number of amides is 1. The van der Waals surface area contributed by atoms with Gasteiger partial charge in [0.15, 0.2) is 0 Å². The van der Waals surface area contributed by atoms with E-state index < -0.39 is 5.97 Å². The van der Waals surface area contributed by atoms with Gasteiger partial charge in [-0.05, 0) is 53.1 Å². The minimum Gasteiger partial charge on any atom is -0.462 e. The van der Waals surface area contributed by atoms with Gasteiger partial charge >= 0.3 is 5.97 Å². The third-order valence-corrected chi connectivity index (χ3v) is 4.51. The summed E-state index contributed by atoms with van der Waals surface area (Å²) in [4.78, 5) is 23.9. The molecule has 0 spiro atoms. The van der Waals surface area contributed by atoms with Crippen LogP contribution in [0.25, 0.3) is 17.2 Å². The maximum atomic E-state index is 12.0. The maximum absolute atomic E-state index is 12.0. The van der Waals surface area contributed by atoms with Gasteiger partial charge in [0.1, 0.15) is 12.4 Å². The van der Waals surface area contributed by atoms with E-state index in [-0.39, 0.29) is 18.9 Å². The van der Waals surface area contributed by atoms with E-state index in [1.807, 2.05) is 36.4 Å². The monoisotopic (exact) mass is 442 g/mol. The Kier molecular flexibility index (Phi) is 7.65. The molecule has 3 rings (SSSR count). The molecule has 33 heavy (non-hydrogen) atoms. The van der Waals surface area contributed by atoms with E-state index in [1.165, 1.54) is 6.08 Å². The van der Waals surface area contributed by atoms with Crippen LogP contribution in [0.5, 0.6) is 5.75 Å². The van der Waals surface area contributed by atoms with E-state index in [9.17, 15) is 9.59 Å². The first kappa shape index (κ1) is 22.9. The largest absolute Gasteiger partial charge is 0.462 e. The van der Waals surface area contributed by atoms with Crippen molar-refractivity contribution in [3.05, 3.63) is 78.4 Å². The van der Waals surface area contributed by atoms with Crippen molar-refractivity contribution in [3.63, 3.8) is 0 Å². The Bertz CT molecular complexity index is 1180. The van der Waals surface area contributed by atoms with Gasteiger partial charge in [-0.15, -0.1) is 5.26 Å². The number of nitrogens with one attached hydrogen (secondary N) is 1.